The van der Waals surface area contributed by atoms with Crippen LogP contribution in [-0.4, -0.2) is 17.9 Å². The van der Waals surface area contributed by atoms with Gasteiger partial charge in [0.05, 0.1) is 5.75 Å². The van der Waals surface area contributed by atoms with Crippen LogP contribution in [0.15, 0.2) is 53.4 Å². The highest BCUT2D eigenvalue weighted by Gasteiger charge is 2.04. The fourth-order valence-corrected chi connectivity index (χ4v) is 2.32. The van der Waals surface area contributed by atoms with Crippen LogP contribution in [-0.2, 0) is 4.79 Å². The Balaban J connectivity index is 1.88. The molecule has 5 heteroatoms. The van der Waals surface area contributed by atoms with Gasteiger partial charge in [-0.2, -0.15) is 0 Å². The number of thioether (sulfide) groups is 1. The molecule has 2 aromatic carbocycles. The van der Waals surface area contributed by atoms with E-state index in [-0.39, 0.29) is 17.5 Å². The number of hydrogen-bond acceptors (Lipinski definition) is 3. The Morgan fingerprint density at radius 2 is 1.95 bits per heavy atom. The summed E-state index contributed by atoms with van der Waals surface area (Å²) in [6.45, 7) is 0. The summed E-state index contributed by atoms with van der Waals surface area (Å²) >= 11 is 1.34. The molecule has 0 aliphatic rings. The van der Waals surface area contributed by atoms with E-state index in [0.717, 1.165) is 11.2 Å². The number of carbonyl (C=O) groups excluding carboxylic acids is 2. The number of halogens is 1. The number of rotatable bonds is 5. The SMILES string of the molecule is O=Cc1cccc(SCC(=O)Nc2ccc(F)cc2)c1. The molecule has 3 nitrogen and oxygen atoms in total. The lowest BCUT2D eigenvalue weighted by atomic mass is 10.2. The molecule has 0 aromatic heterocycles. The Morgan fingerprint density at radius 3 is 2.65 bits per heavy atom. The van der Waals surface area contributed by atoms with Crippen molar-refractivity contribution in [1.29, 1.82) is 0 Å². The second-order valence-corrected chi connectivity index (χ2v) is 5.08. The average molecular weight is 289 g/mol. The van der Waals surface area contributed by atoms with Gasteiger partial charge in [0.1, 0.15) is 12.1 Å². The lowest BCUT2D eigenvalue weighted by Crippen LogP contribution is -2.13. The summed E-state index contributed by atoms with van der Waals surface area (Å²) in [5.74, 6) is -0.305. The first kappa shape index (κ1) is 14.3. The van der Waals surface area contributed by atoms with E-state index in [9.17, 15) is 14.0 Å². The number of nitrogens with one attached hydrogen (secondary N) is 1. The summed E-state index contributed by atoms with van der Waals surface area (Å²) < 4.78 is 12.7. The highest BCUT2D eigenvalue weighted by atomic mass is 32.2. The smallest absolute Gasteiger partial charge is 0.234 e. The van der Waals surface area contributed by atoms with Gasteiger partial charge in [-0.3, -0.25) is 9.59 Å². The minimum Gasteiger partial charge on any atom is -0.325 e. The molecular formula is C15H12FNO2S. The number of aldehydes is 1. The zero-order chi connectivity index (χ0) is 14.4. The van der Waals surface area contributed by atoms with E-state index in [1.807, 2.05) is 6.07 Å². The molecule has 0 radical (unpaired) electrons. The summed E-state index contributed by atoms with van der Waals surface area (Å²) in [4.78, 5) is 23.2. The van der Waals surface area contributed by atoms with Crippen LogP contribution in [0.3, 0.4) is 0 Å². The van der Waals surface area contributed by atoms with Crippen molar-refractivity contribution in [2.24, 2.45) is 0 Å². The molecule has 0 unspecified atom stereocenters. The van der Waals surface area contributed by atoms with Gasteiger partial charge in [0.25, 0.3) is 0 Å². The molecule has 2 rings (SSSR count). The number of hydrogen-bond donors (Lipinski definition) is 1. The zero-order valence-corrected chi connectivity index (χ0v) is 11.3. The minimum atomic E-state index is -0.344. The summed E-state index contributed by atoms with van der Waals surface area (Å²) in [7, 11) is 0. The van der Waals surface area contributed by atoms with Gasteiger partial charge >= 0.3 is 0 Å². The Hall–Kier alpha value is -2.14. The highest BCUT2D eigenvalue weighted by Crippen LogP contribution is 2.19. The first-order valence-corrected chi connectivity index (χ1v) is 6.89. The normalized spacial score (nSPS) is 10.1. The highest BCUT2D eigenvalue weighted by molar-refractivity contribution is 8.00. The van der Waals surface area contributed by atoms with E-state index >= 15 is 0 Å². The third-order valence-electron chi connectivity index (χ3n) is 2.49. The van der Waals surface area contributed by atoms with Crippen molar-refractivity contribution < 1.29 is 14.0 Å². The van der Waals surface area contributed by atoms with Crippen LogP contribution in [0.2, 0.25) is 0 Å². The van der Waals surface area contributed by atoms with Crippen molar-refractivity contribution in [1.82, 2.24) is 0 Å². The van der Waals surface area contributed by atoms with Crippen LogP contribution >= 0.6 is 11.8 Å². The van der Waals surface area contributed by atoms with Crippen molar-refractivity contribution in [3.8, 4) is 0 Å². The van der Waals surface area contributed by atoms with Crippen molar-refractivity contribution in [2.45, 2.75) is 4.90 Å². The predicted octanol–water partition coefficient (Wildman–Crippen LogP) is 3.37. The third-order valence-corrected chi connectivity index (χ3v) is 3.49. The van der Waals surface area contributed by atoms with E-state index < -0.39 is 0 Å². The number of anilines is 1. The van der Waals surface area contributed by atoms with Gasteiger partial charge < -0.3 is 5.32 Å². The Morgan fingerprint density at radius 1 is 1.20 bits per heavy atom. The summed E-state index contributed by atoms with van der Waals surface area (Å²) in [6, 6.07) is 12.6. The van der Waals surface area contributed by atoms with Crippen LogP contribution < -0.4 is 5.32 Å². The molecule has 0 spiro atoms. The fraction of sp³-hybridized carbons (Fsp3) is 0.0667. The van der Waals surface area contributed by atoms with E-state index in [0.29, 0.717) is 11.3 Å². The molecule has 2 aromatic rings. The van der Waals surface area contributed by atoms with Gasteiger partial charge in [-0.05, 0) is 36.4 Å². The second-order valence-electron chi connectivity index (χ2n) is 4.03. The van der Waals surface area contributed by atoms with Gasteiger partial charge in [-0.1, -0.05) is 12.1 Å². The van der Waals surface area contributed by atoms with Gasteiger partial charge in [0.15, 0.2) is 0 Å². The quantitative estimate of drug-likeness (QED) is 0.678. The molecule has 0 fully saturated rings. The maximum absolute atomic E-state index is 12.7. The minimum absolute atomic E-state index is 0.182. The van der Waals surface area contributed by atoms with E-state index in [1.54, 1.807) is 18.2 Å². The van der Waals surface area contributed by atoms with Gasteiger partial charge in [-0.15, -0.1) is 11.8 Å². The van der Waals surface area contributed by atoms with E-state index in [1.165, 1.54) is 36.0 Å². The summed E-state index contributed by atoms with van der Waals surface area (Å²) in [5, 5.41) is 2.67. The molecule has 1 N–H and O–H groups in total. The van der Waals surface area contributed by atoms with Crippen LogP contribution in [0.5, 0.6) is 0 Å². The largest absolute Gasteiger partial charge is 0.325 e. The second kappa shape index (κ2) is 6.86. The molecule has 0 atom stereocenters. The molecule has 0 aliphatic carbocycles. The molecule has 0 saturated carbocycles. The van der Waals surface area contributed by atoms with Crippen LogP contribution in [0, 0.1) is 5.82 Å². The third kappa shape index (κ3) is 4.20. The van der Waals surface area contributed by atoms with E-state index in [4.69, 9.17) is 0 Å². The number of amides is 1. The molecule has 0 bridgehead atoms. The standard InChI is InChI=1S/C15H12FNO2S/c16-12-4-6-13(7-5-12)17-15(19)10-20-14-3-1-2-11(8-14)9-18/h1-9H,10H2,(H,17,19). The molecule has 0 saturated heterocycles. The lowest BCUT2D eigenvalue weighted by molar-refractivity contribution is -0.113. The topological polar surface area (TPSA) is 46.2 Å². The predicted molar refractivity (Wildman–Crippen MR) is 77.6 cm³/mol. The number of carbonyl (C=O) groups is 2. The maximum atomic E-state index is 12.7. The molecule has 1 amide bonds. The summed E-state index contributed by atoms with van der Waals surface area (Å²) in [5.41, 5.74) is 1.13. The van der Waals surface area contributed by atoms with E-state index in [2.05, 4.69) is 5.32 Å². The van der Waals surface area contributed by atoms with Crippen LogP contribution in [0.4, 0.5) is 10.1 Å². The Labute approximate surface area is 120 Å². The maximum Gasteiger partial charge on any atom is 0.234 e. The molecule has 0 heterocycles. The zero-order valence-electron chi connectivity index (χ0n) is 10.5. The van der Waals surface area contributed by atoms with Gasteiger partial charge in [0, 0.05) is 16.1 Å². The van der Waals surface area contributed by atoms with Crippen LogP contribution in [0.25, 0.3) is 0 Å². The van der Waals surface area contributed by atoms with Gasteiger partial charge in [-0.25, -0.2) is 4.39 Å². The first-order chi connectivity index (χ1) is 9.67. The molecule has 0 aliphatic heterocycles. The fourth-order valence-electron chi connectivity index (χ4n) is 1.56. The summed E-state index contributed by atoms with van der Waals surface area (Å²) in [6.07, 6.45) is 0.767. The van der Waals surface area contributed by atoms with Gasteiger partial charge in [0.2, 0.25) is 5.91 Å². The van der Waals surface area contributed by atoms with Crippen molar-refractivity contribution in [2.75, 3.05) is 11.1 Å². The monoisotopic (exact) mass is 289 g/mol. The van der Waals surface area contributed by atoms with Crippen molar-refractivity contribution in [3.63, 3.8) is 0 Å². The number of benzene rings is 2. The molecule has 20 heavy (non-hydrogen) atoms. The first-order valence-electron chi connectivity index (χ1n) is 5.91. The van der Waals surface area contributed by atoms with Crippen LogP contribution in [0.1, 0.15) is 10.4 Å². The Kier molecular flexibility index (Phi) is 4.90. The molecule has 102 valence electrons. The van der Waals surface area contributed by atoms with Crippen molar-refractivity contribution in [3.05, 3.63) is 59.9 Å². The molecular weight excluding hydrogens is 277 g/mol. The Bertz CT molecular complexity index is 614. The average Bonchev–Trinajstić information content (AvgIpc) is 2.48. The lowest BCUT2D eigenvalue weighted by Gasteiger charge is -2.05. The van der Waals surface area contributed by atoms with Crippen molar-refractivity contribution >= 4 is 29.6 Å².